The van der Waals surface area contributed by atoms with Gasteiger partial charge in [0.2, 0.25) is 5.91 Å². The van der Waals surface area contributed by atoms with Crippen molar-refractivity contribution in [2.75, 3.05) is 13.7 Å². The van der Waals surface area contributed by atoms with Crippen LogP contribution in [0.1, 0.15) is 18.1 Å². The van der Waals surface area contributed by atoms with Crippen molar-refractivity contribution in [2.45, 2.75) is 19.8 Å². The Labute approximate surface area is 136 Å². The molecule has 0 aliphatic carbocycles. The number of halogens is 1. The molecule has 2 aromatic rings. The molecule has 1 amide bonds. The highest BCUT2D eigenvalue weighted by atomic mass is 19.1. The Morgan fingerprint density at radius 1 is 1.17 bits per heavy atom. The lowest BCUT2D eigenvalue weighted by atomic mass is 10.00. The van der Waals surface area contributed by atoms with Crippen molar-refractivity contribution in [1.29, 1.82) is 0 Å². The Balaban J connectivity index is 1.78. The Morgan fingerprint density at radius 3 is 2.52 bits per heavy atom. The lowest BCUT2D eigenvalue weighted by Crippen LogP contribution is -2.32. The molecule has 1 N–H and O–H groups in total. The molecule has 1 unspecified atom stereocenters. The average molecular weight is 315 g/mol. The summed E-state index contributed by atoms with van der Waals surface area (Å²) in [5.74, 6) is 0.242. The van der Waals surface area contributed by atoms with Crippen LogP contribution >= 0.6 is 0 Å². The van der Waals surface area contributed by atoms with E-state index in [0.717, 1.165) is 17.7 Å². The van der Waals surface area contributed by atoms with E-state index >= 15 is 0 Å². The first-order chi connectivity index (χ1) is 11.1. The lowest BCUT2D eigenvalue weighted by Gasteiger charge is -2.13. The molecule has 0 spiro atoms. The summed E-state index contributed by atoms with van der Waals surface area (Å²) in [6, 6.07) is 14.3. The number of carbonyl (C=O) groups excluding carboxylic acids is 1. The van der Waals surface area contributed by atoms with Crippen LogP contribution in [0.15, 0.2) is 48.5 Å². The molecule has 3 nitrogen and oxygen atoms in total. The molecule has 0 aliphatic rings. The highest BCUT2D eigenvalue weighted by Crippen LogP contribution is 2.13. The van der Waals surface area contributed by atoms with E-state index in [9.17, 15) is 9.18 Å². The van der Waals surface area contributed by atoms with Crippen LogP contribution in [-0.4, -0.2) is 19.6 Å². The third kappa shape index (κ3) is 5.09. The lowest BCUT2D eigenvalue weighted by molar-refractivity contribution is -0.124. The highest BCUT2D eigenvalue weighted by molar-refractivity contribution is 5.78. The van der Waals surface area contributed by atoms with Crippen molar-refractivity contribution in [3.8, 4) is 5.75 Å². The molecule has 2 rings (SSSR count). The van der Waals surface area contributed by atoms with Gasteiger partial charge in [0.1, 0.15) is 11.6 Å². The van der Waals surface area contributed by atoms with Crippen molar-refractivity contribution in [3.63, 3.8) is 0 Å². The zero-order valence-electron chi connectivity index (χ0n) is 13.5. The van der Waals surface area contributed by atoms with Crippen LogP contribution in [0.3, 0.4) is 0 Å². The fraction of sp³-hybridized carbons (Fsp3) is 0.316. The standard InChI is InChI=1S/C19H22FNO2/c1-14(13-16-5-3-4-6-18(16)20)19(22)21-12-11-15-7-9-17(23-2)10-8-15/h3-10,14H,11-13H2,1-2H3,(H,21,22). The molecule has 0 bridgehead atoms. The maximum Gasteiger partial charge on any atom is 0.223 e. The second-order valence-electron chi connectivity index (χ2n) is 5.59. The van der Waals surface area contributed by atoms with E-state index in [1.165, 1.54) is 6.07 Å². The van der Waals surface area contributed by atoms with E-state index < -0.39 is 0 Å². The molecule has 0 fully saturated rings. The number of amides is 1. The van der Waals surface area contributed by atoms with E-state index in [1.54, 1.807) is 25.3 Å². The summed E-state index contributed by atoms with van der Waals surface area (Å²) >= 11 is 0. The molecule has 0 saturated carbocycles. The minimum atomic E-state index is -0.261. The second kappa shape index (κ2) is 8.32. The summed E-state index contributed by atoms with van der Waals surface area (Å²) in [7, 11) is 1.63. The molecule has 122 valence electrons. The van der Waals surface area contributed by atoms with Crippen LogP contribution in [0.5, 0.6) is 5.75 Å². The van der Waals surface area contributed by atoms with E-state index in [2.05, 4.69) is 5.32 Å². The van der Waals surface area contributed by atoms with Gasteiger partial charge in [0.15, 0.2) is 0 Å². The van der Waals surface area contributed by atoms with Crippen LogP contribution in [0.2, 0.25) is 0 Å². The number of carbonyl (C=O) groups is 1. The Hall–Kier alpha value is -2.36. The van der Waals surface area contributed by atoms with Crippen molar-refractivity contribution < 1.29 is 13.9 Å². The van der Waals surface area contributed by atoms with Crippen LogP contribution in [-0.2, 0) is 17.6 Å². The van der Waals surface area contributed by atoms with E-state index in [0.29, 0.717) is 18.5 Å². The number of benzene rings is 2. The number of methoxy groups -OCH3 is 1. The molecule has 23 heavy (non-hydrogen) atoms. The van der Waals surface area contributed by atoms with Crippen molar-refractivity contribution in [3.05, 3.63) is 65.5 Å². The van der Waals surface area contributed by atoms with Crippen LogP contribution in [0.25, 0.3) is 0 Å². The second-order valence-corrected chi connectivity index (χ2v) is 5.59. The quantitative estimate of drug-likeness (QED) is 0.851. The monoisotopic (exact) mass is 315 g/mol. The molecule has 0 aliphatic heterocycles. The SMILES string of the molecule is COc1ccc(CCNC(=O)C(C)Cc2ccccc2F)cc1. The smallest absolute Gasteiger partial charge is 0.223 e. The summed E-state index contributed by atoms with van der Waals surface area (Å²) in [4.78, 5) is 12.1. The molecule has 1 atom stereocenters. The van der Waals surface area contributed by atoms with Gasteiger partial charge in [0.05, 0.1) is 7.11 Å². The molecule has 2 aromatic carbocycles. The van der Waals surface area contributed by atoms with Gasteiger partial charge in [-0.3, -0.25) is 4.79 Å². The van der Waals surface area contributed by atoms with Gasteiger partial charge in [0.25, 0.3) is 0 Å². The van der Waals surface area contributed by atoms with Crippen LogP contribution < -0.4 is 10.1 Å². The van der Waals surface area contributed by atoms with Crippen molar-refractivity contribution in [2.24, 2.45) is 5.92 Å². The third-order valence-electron chi connectivity index (χ3n) is 3.80. The van der Waals surface area contributed by atoms with E-state index in [1.807, 2.05) is 31.2 Å². The molecular weight excluding hydrogens is 293 g/mol. The topological polar surface area (TPSA) is 38.3 Å². The number of hydrogen-bond acceptors (Lipinski definition) is 2. The largest absolute Gasteiger partial charge is 0.497 e. The summed E-state index contributed by atoms with van der Waals surface area (Å²) in [5, 5.41) is 2.91. The molecule has 0 aromatic heterocycles. The Kier molecular flexibility index (Phi) is 6.15. The van der Waals surface area contributed by atoms with Gasteiger partial charge in [-0.05, 0) is 42.2 Å². The fourth-order valence-electron chi connectivity index (χ4n) is 2.38. The van der Waals surface area contributed by atoms with Crippen LogP contribution in [0, 0.1) is 11.7 Å². The highest BCUT2D eigenvalue weighted by Gasteiger charge is 2.14. The fourth-order valence-corrected chi connectivity index (χ4v) is 2.38. The number of nitrogens with one attached hydrogen (secondary N) is 1. The maximum absolute atomic E-state index is 13.6. The van der Waals surface area contributed by atoms with Crippen molar-refractivity contribution >= 4 is 5.91 Å². The van der Waals surface area contributed by atoms with Gasteiger partial charge in [-0.25, -0.2) is 4.39 Å². The summed E-state index contributed by atoms with van der Waals surface area (Å²) < 4.78 is 18.7. The van der Waals surface area contributed by atoms with Gasteiger partial charge in [0, 0.05) is 12.5 Å². The zero-order chi connectivity index (χ0) is 16.7. The van der Waals surface area contributed by atoms with E-state index in [-0.39, 0.29) is 17.6 Å². The normalized spacial score (nSPS) is 11.8. The van der Waals surface area contributed by atoms with Gasteiger partial charge < -0.3 is 10.1 Å². The molecule has 0 saturated heterocycles. The summed E-state index contributed by atoms with van der Waals surface area (Å²) in [5.41, 5.74) is 1.71. The molecule has 0 heterocycles. The summed E-state index contributed by atoms with van der Waals surface area (Å²) in [6.07, 6.45) is 1.16. The van der Waals surface area contributed by atoms with Crippen molar-refractivity contribution in [1.82, 2.24) is 5.32 Å². The molecular formula is C19H22FNO2. The first-order valence-corrected chi connectivity index (χ1v) is 7.74. The third-order valence-corrected chi connectivity index (χ3v) is 3.80. The predicted molar refractivity (Wildman–Crippen MR) is 89.0 cm³/mol. The Bertz CT molecular complexity index is 640. The van der Waals surface area contributed by atoms with Gasteiger partial charge in [-0.15, -0.1) is 0 Å². The minimum absolute atomic E-state index is 0.0539. The minimum Gasteiger partial charge on any atom is -0.497 e. The van der Waals surface area contributed by atoms with Gasteiger partial charge in [-0.2, -0.15) is 0 Å². The van der Waals surface area contributed by atoms with Gasteiger partial charge >= 0.3 is 0 Å². The maximum atomic E-state index is 13.6. The number of hydrogen-bond donors (Lipinski definition) is 1. The molecule has 4 heteroatoms. The van der Waals surface area contributed by atoms with Gasteiger partial charge in [-0.1, -0.05) is 37.3 Å². The predicted octanol–water partition coefficient (Wildman–Crippen LogP) is 3.37. The Morgan fingerprint density at radius 2 is 1.87 bits per heavy atom. The average Bonchev–Trinajstić information content (AvgIpc) is 2.57. The number of rotatable bonds is 7. The van der Waals surface area contributed by atoms with Crippen LogP contribution in [0.4, 0.5) is 4.39 Å². The number of ether oxygens (including phenoxy) is 1. The summed E-state index contributed by atoms with van der Waals surface area (Å²) in [6.45, 7) is 2.38. The van der Waals surface area contributed by atoms with E-state index in [4.69, 9.17) is 4.74 Å². The zero-order valence-corrected chi connectivity index (χ0v) is 13.5. The molecule has 0 radical (unpaired) electrons. The first kappa shape index (κ1) is 17.0. The first-order valence-electron chi connectivity index (χ1n) is 7.74.